The van der Waals surface area contributed by atoms with E-state index < -0.39 is 21.7 Å². The molecule has 0 aliphatic heterocycles. The minimum atomic E-state index is -0.762. The summed E-state index contributed by atoms with van der Waals surface area (Å²) in [6.07, 6.45) is 1.32. The summed E-state index contributed by atoms with van der Waals surface area (Å²) in [7, 11) is 1.40. The van der Waals surface area contributed by atoms with Gasteiger partial charge in [-0.1, -0.05) is 18.2 Å². The fourth-order valence-corrected chi connectivity index (χ4v) is 2.93. The number of nitrogens with one attached hydrogen (secondary N) is 2. The number of carbonyl (C=O) groups excluding carboxylic acids is 2. The van der Waals surface area contributed by atoms with Crippen LogP contribution in [0.1, 0.15) is 15.9 Å². The first-order valence-corrected chi connectivity index (χ1v) is 9.75. The van der Waals surface area contributed by atoms with Crippen LogP contribution in [0.3, 0.4) is 0 Å². The number of ether oxygens (including phenoxy) is 1. The Morgan fingerprint density at radius 2 is 1.56 bits per heavy atom. The van der Waals surface area contributed by atoms with Gasteiger partial charge in [-0.2, -0.15) is 0 Å². The molecule has 2 amide bonds. The standard InChI is InChI=1S/C23H18N4O7/c1-34-21-8-3-2-7-19(21)22(28)25-20(13-15-9-11-17(12-10-15)26(30)31)23(29)24-16-5-4-6-18(14-16)27(32)33/h2-14H,1H3,(H,24,29)(H,25,28)/b20-13-. The van der Waals surface area contributed by atoms with Gasteiger partial charge in [0, 0.05) is 30.0 Å². The van der Waals surface area contributed by atoms with Gasteiger partial charge >= 0.3 is 0 Å². The number of benzene rings is 3. The topological polar surface area (TPSA) is 154 Å². The molecule has 0 atom stereocenters. The maximum absolute atomic E-state index is 13.0. The van der Waals surface area contributed by atoms with Gasteiger partial charge in [-0.25, -0.2) is 0 Å². The van der Waals surface area contributed by atoms with Gasteiger partial charge in [0.1, 0.15) is 11.4 Å². The number of nitro benzene ring substituents is 2. The first-order chi connectivity index (χ1) is 16.3. The molecule has 0 radical (unpaired) electrons. The summed E-state index contributed by atoms with van der Waals surface area (Å²) in [6.45, 7) is 0. The molecular formula is C23H18N4O7. The monoisotopic (exact) mass is 462 g/mol. The van der Waals surface area contributed by atoms with E-state index in [-0.39, 0.29) is 34.1 Å². The normalized spacial score (nSPS) is 10.8. The summed E-state index contributed by atoms with van der Waals surface area (Å²) in [5, 5.41) is 26.9. The Labute approximate surface area is 193 Å². The summed E-state index contributed by atoms with van der Waals surface area (Å²) in [5.41, 5.74) is 0.143. The van der Waals surface area contributed by atoms with E-state index in [4.69, 9.17) is 4.74 Å². The fraction of sp³-hybridized carbons (Fsp3) is 0.0435. The lowest BCUT2D eigenvalue weighted by molar-refractivity contribution is -0.385. The Balaban J connectivity index is 1.94. The SMILES string of the molecule is COc1ccccc1C(=O)N/C(=C\c1ccc([N+](=O)[O-])cc1)C(=O)Nc1cccc([N+](=O)[O-])c1. The third-order valence-corrected chi connectivity index (χ3v) is 4.57. The van der Waals surface area contributed by atoms with Crippen LogP contribution >= 0.6 is 0 Å². The summed E-state index contributed by atoms with van der Waals surface area (Å²) in [5.74, 6) is -1.12. The van der Waals surface area contributed by atoms with Crippen molar-refractivity contribution in [3.63, 3.8) is 0 Å². The molecule has 0 fully saturated rings. The Bertz CT molecular complexity index is 1290. The van der Waals surface area contributed by atoms with Gasteiger partial charge in [0.05, 0.1) is 22.5 Å². The second kappa shape index (κ2) is 10.5. The summed E-state index contributed by atoms with van der Waals surface area (Å²) >= 11 is 0. The predicted octanol–water partition coefficient (Wildman–Crippen LogP) is 3.92. The number of amides is 2. The smallest absolute Gasteiger partial charge is 0.272 e. The van der Waals surface area contributed by atoms with Gasteiger partial charge in [-0.3, -0.25) is 29.8 Å². The molecule has 0 unspecified atom stereocenters. The number of methoxy groups -OCH3 is 1. The third kappa shape index (κ3) is 5.79. The van der Waals surface area contributed by atoms with Crippen molar-refractivity contribution in [2.24, 2.45) is 0 Å². The first-order valence-electron chi connectivity index (χ1n) is 9.75. The van der Waals surface area contributed by atoms with Crippen LogP contribution in [0.2, 0.25) is 0 Å². The number of hydrogen-bond acceptors (Lipinski definition) is 7. The molecule has 0 bridgehead atoms. The Morgan fingerprint density at radius 1 is 0.882 bits per heavy atom. The van der Waals surface area contributed by atoms with Crippen molar-refractivity contribution in [3.8, 4) is 5.75 Å². The predicted molar refractivity (Wildman–Crippen MR) is 123 cm³/mol. The van der Waals surface area contributed by atoms with E-state index in [2.05, 4.69) is 10.6 Å². The average molecular weight is 462 g/mol. The zero-order valence-corrected chi connectivity index (χ0v) is 17.8. The molecule has 0 saturated carbocycles. The zero-order valence-electron chi connectivity index (χ0n) is 17.8. The van der Waals surface area contributed by atoms with E-state index in [0.717, 1.165) is 0 Å². The Morgan fingerprint density at radius 3 is 2.21 bits per heavy atom. The van der Waals surface area contributed by atoms with E-state index in [1.165, 1.54) is 67.8 Å². The van der Waals surface area contributed by atoms with Crippen molar-refractivity contribution in [2.75, 3.05) is 12.4 Å². The summed E-state index contributed by atoms with van der Waals surface area (Å²) in [4.78, 5) is 46.6. The Kier molecular flexibility index (Phi) is 7.29. The number of nitro groups is 2. The molecule has 3 aromatic rings. The van der Waals surface area contributed by atoms with Crippen molar-refractivity contribution >= 4 is 35.0 Å². The van der Waals surface area contributed by atoms with E-state index in [0.29, 0.717) is 5.56 Å². The van der Waals surface area contributed by atoms with Gasteiger partial charge < -0.3 is 15.4 Å². The number of para-hydroxylation sites is 1. The molecular weight excluding hydrogens is 444 g/mol. The van der Waals surface area contributed by atoms with Crippen LogP contribution in [0.15, 0.2) is 78.5 Å². The highest BCUT2D eigenvalue weighted by molar-refractivity contribution is 6.11. The minimum absolute atomic E-state index is 0.139. The molecule has 11 nitrogen and oxygen atoms in total. The molecule has 0 saturated heterocycles. The first kappa shape index (κ1) is 23.6. The van der Waals surface area contributed by atoms with Crippen LogP contribution < -0.4 is 15.4 Å². The lowest BCUT2D eigenvalue weighted by atomic mass is 10.1. The maximum atomic E-state index is 13.0. The summed E-state index contributed by atoms with van der Waals surface area (Å²) in [6, 6.07) is 17.0. The van der Waals surface area contributed by atoms with Gasteiger partial charge in [-0.15, -0.1) is 0 Å². The number of rotatable bonds is 8. The molecule has 34 heavy (non-hydrogen) atoms. The van der Waals surface area contributed by atoms with Crippen LogP contribution in [-0.2, 0) is 4.79 Å². The number of hydrogen-bond donors (Lipinski definition) is 2. The van der Waals surface area contributed by atoms with E-state index in [9.17, 15) is 29.8 Å². The van der Waals surface area contributed by atoms with Crippen LogP contribution in [0, 0.1) is 20.2 Å². The minimum Gasteiger partial charge on any atom is -0.496 e. The van der Waals surface area contributed by atoms with Crippen molar-refractivity contribution in [3.05, 3.63) is 110 Å². The molecule has 0 aliphatic rings. The van der Waals surface area contributed by atoms with E-state index >= 15 is 0 Å². The van der Waals surface area contributed by atoms with Gasteiger partial charge in [0.25, 0.3) is 23.2 Å². The quantitative estimate of drug-likeness (QED) is 0.292. The largest absolute Gasteiger partial charge is 0.496 e. The van der Waals surface area contributed by atoms with E-state index in [1.807, 2.05) is 0 Å². The zero-order chi connectivity index (χ0) is 24.7. The van der Waals surface area contributed by atoms with Crippen molar-refractivity contribution in [1.82, 2.24) is 5.32 Å². The molecule has 0 spiro atoms. The molecule has 11 heteroatoms. The van der Waals surface area contributed by atoms with Gasteiger partial charge in [-0.05, 0) is 42.0 Å². The van der Waals surface area contributed by atoms with Gasteiger partial charge in [0.2, 0.25) is 0 Å². The molecule has 0 heterocycles. The van der Waals surface area contributed by atoms with Crippen molar-refractivity contribution in [1.29, 1.82) is 0 Å². The fourth-order valence-electron chi connectivity index (χ4n) is 2.93. The van der Waals surface area contributed by atoms with Crippen LogP contribution in [0.25, 0.3) is 6.08 Å². The lowest BCUT2D eigenvalue weighted by Crippen LogP contribution is -2.31. The second-order valence-electron chi connectivity index (χ2n) is 6.82. The third-order valence-electron chi connectivity index (χ3n) is 4.57. The van der Waals surface area contributed by atoms with Gasteiger partial charge in [0.15, 0.2) is 0 Å². The van der Waals surface area contributed by atoms with Crippen LogP contribution in [0.5, 0.6) is 5.75 Å². The number of non-ortho nitro benzene ring substituents is 2. The highest BCUT2D eigenvalue weighted by Crippen LogP contribution is 2.20. The van der Waals surface area contributed by atoms with E-state index in [1.54, 1.807) is 18.2 Å². The highest BCUT2D eigenvalue weighted by Gasteiger charge is 2.18. The molecule has 0 aliphatic carbocycles. The molecule has 3 aromatic carbocycles. The maximum Gasteiger partial charge on any atom is 0.272 e. The van der Waals surface area contributed by atoms with Crippen molar-refractivity contribution in [2.45, 2.75) is 0 Å². The van der Waals surface area contributed by atoms with Crippen LogP contribution in [0.4, 0.5) is 17.1 Å². The molecule has 0 aromatic heterocycles. The van der Waals surface area contributed by atoms with Crippen molar-refractivity contribution < 1.29 is 24.2 Å². The Hall–Kier alpha value is -5.06. The molecule has 172 valence electrons. The second-order valence-corrected chi connectivity index (χ2v) is 6.82. The molecule has 2 N–H and O–H groups in total. The average Bonchev–Trinajstić information content (AvgIpc) is 2.84. The van der Waals surface area contributed by atoms with Crippen LogP contribution in [-0.4, -0.2) is 28.8 Å². The number of carbonyl (C=O) groups is 2. The highest BCUT2D eigenvalue weighted by atomic mass is 16.6. The lowest BCUT2D eigenvalue weighted by Gasteiger charge is -2.13. The number of anilines is 1. The number of nitrogens with zero attached hydrogens (tertiary/aromatic N) is 2. The summed E-state index contributed by atoms with van der Waals surface area (Å²) < 4.78 is 5.19. The molecule has 3 rings (SSSR count).